The summed E-state index contributed by atoms with van der Waals surface area (Å²) < 4.78 is 29.7. The van der Waals surface area contributed by atoms with Crippen LogP contribution in [0.5, 0.6) is 0 Å². The first-order valence-corrected chi connectivity index (χ1v) is 12.7. The molecule has 184 valence electrons. The SMILES string of the molecule is CCN(CC)CCNC(=O)c1c2n(c(C)cc1=O)-c1ccccc1SC(c1ccc(F)c(F)c1)C2. The second kappa shape index (κ2) is 10.7. The Balaban J connectivity index is 1.81. The van der Waals surface area contributed by atoms with Crippen LogP contribution < -0.4 is 10.7 Å². The maximum absolute atomic E-state index is 14.1. The Labute approximate surface area is 208 Å². The summed E-state index contributed by atoms with van der Waals surface area (Å²) in [5, 5.41) is 2.60. The molecule has 0 spiro atoms. The largest absolute Gasteiger partial charge is 0.351 e. The highest BCUT2D eigenvalue weighted by Crippen LogP contribution is 2.44. The highest BCUT2D eigenvalue weighted by Gasteiger charge is 2.29. The molecule has 2 aromatic carbocycles. The molecule has 0 saturated carbocycles. The van der Waals surface area contributed by atoms with Crippen molar-refractivity contribution in [3.63, 3.8) is 0 Å². The molecule has 0 bridgehead atoms. The fourth-order valence-electron chi connectivity index (χ4n) is 4.53. The van der Waals surface area contributed by atoms with E-state index in [0.717, 1.165) is 29.7 Å². The number of hydrogen-bond acceptors (Lipinski definition) is 4. The van der Waals surface area contributed by atoms with Crippen molar-refractivity contribution in [3.8, 4) is 5.69 Å². The van der Waals surface area contributed by atoms with Crippen molar-refractivity contribution < 1.29 is 13.6 Å². The van der Waals surface area contributed by atoms with Gasteiger partial charge in [0.25, 0.3) is 5.91 Å². The number of hydrogen-bond donors (Lipinski definition) is 1. The van der Waals surface area contributed by atoms with Crippen LogP contribution in [0.2, 0.25) is 0 Å². The van der Waals surface area contributed by atoms with Crippen molar-refractivity contribution in [2.75, 3.05) is 26.2 Å². The topological polar surface area (TPSA) is 54.3 Å². The van der Waals surface area contributed by atoms with E-state index < -0.39 is 17.5 Å². The molecule has 8 heteroatoms. The number of amides is 1. The zero-order valence-corrected chi connectivity index (χ0v) is 20.9. The van der Waals surface area contributed by atoms with Gasteiger partial charge in [-0.1, -0.05) is 32.0 Å². The van der Waals surface area contributed by atoms with Crippen molar-refractivity contribution in [3.05, 3.63) is 92.9 Å². The van der Waals surface area contributed by atoms with E-state index in [1.54, 1.807) is 6.07 Å². The Bertz CT molecular complexity index is 1300. The number of nitrogens with one attached hydrogen (secondary N) is 1. The molecular formula is C27H29F2N3O2S. The van der Waals surface area contributed by atoms with Gasteiger partial charge in [0.2, 0.25) is 0 Å². The van der Waals surface area contributed by atoms with Gasteiger partial charge in [-0.15, -0.1) is 11.8 Å². The average molecular weight is 498 g/mol. The van der Waals surface area contributed by atoms with Crippen molar-refractivity contribution in [1.29, 1.82) is 0 Å². The molecule has 0 aliphatic carbocycles. The van der Waals surface area contributed by atoms with Gasteiger partial charge in [0.1, 0.15) is 5.56 Å². The van der Waals surface area contributed by atoms with Crippen LogP contribution in [-0.4, -0.2) is 41.6 Å². The van der Waals surface area contributed by atoms with Gasteiger partial charge < -0.3 is 14.8 Å². The van der Waals surface area contributed by atoms with Crippen molar-refractivity contribution >= 4 is 17.7 Å². The molecule has 1 N–H and O–H groups in total. The molecule has 5 nitrogen and oxygen atoms in total. The van der Waals surface area contributed by atoms with Crippen LogP contribution in [0.15, 0.2) is 58.2 Å². The first-order valence-electron chi connectivity index (χ1n) is 11.8. The van der Waals surface area contributed by atoms with Gasteiger partial charge >= 0.3 is 0 Å². The maximum atomic E-state index is 14.1. The highest BCUT2D eigenvalue weighted by atomic mass is 32.2. The van der Waals surface area contributed by atoms with E-state index in [0.29, 0.717) is 36.5 Å². The summed E-state index contributed by atoms with van der Waals surface area (Å²) in [4.78, 5) is 29.6. The molecule has 1 unspecified atom stereocenters. The van der Waals surface area contributed by atoms with Gasteiger partial charge in [0, 0.05) is 47.1 Å². The quantitative estimate of drug-likeness (QED) is 0.505. The third-order valence-electron chi connectivity index (χ3n) is 6.40. The number of rotatable bonds is 7. The molecule has 2 heterocycles. The van der Waals surface area contributed by atoms with E-state index in [1.807, 2.05) is 35.8 Å². The predicted molar refractivity (Wildman–Crippen MR) is 136 cm³/mol. The number of aryl methyl sites for hydroxylation is 1. The lowest BCUT2D eigenvalue weighted by molar-refractivity contribution is 0.0946. The van der Waals surface area contributed by atoms with Gasteiger partial charge in [0.15, 0.2) is 17.1 Å². The van der Waals surface area contributed by atoms with Crippen molar-refractivity contribution in [2.45, 2.75) is 37.3 Å². The first kappa shape index (κ1) is 25.1. The minimum Gasteiger partial charge on any atom is -0.351 e. The first-order chi connectivity index (χ1) is 16.8. The number of aromatic nitrogens is 1. The molecule has 1 amide bonds. The molecule has 0 saturated heterocycles. The van der Waals surface area contributed by atoms with Crippen LogP contribution in [0.25, 0.3) is 5.69 Å². The standard InChI is InChI=1S/C27H29F2N3O2S/c1-4-31(5-2)13-12-30-27(34)26-22-16-25(18-10-11-19(28)20(29)15-18)35-24-9-7-6-8-21(24)32(22)17(3)14-23(26)33/h6-11,14-15,25H,4-5,12-13,16H2,1-3H3,(H,30,34). The number of halogens is 2. The monoisotopic (exact) mass is 497 g/mol. The van der Waals surface area contributed by atoms with Gasteiger partial charge in [-0.3, -0.25) is 9.59 Å². The normalized spacial score (nSPS) is 14.9. The number of thioether (sulfide) groups is 1. The van der Waals surface area contributed by atoms with E-state index in [9.17, 15) is 18.4 Å². The van der Waals surface area contributed by atoms with Gasteiger partial charge in [0.05, 0.1) is 5.69 Å². The van der Waals surface area contributed by atoms with E-state index in [2.05, 4.69) is 24.1 Å². The molecule has 1 aromatic heterocycles. The number of likely N-dealkylation sites (N-methyl/N-ethyl adjacent to an activating group) is 1. The van der Waals surface area contributed by atoms with Gasteiger partial charge in [-0.05, 0) is 49.8 Å². The number of carbonyl (C=O) groups excluding carboxylic acids is 1. The van der Waals surface area contributed by atoms with Crippen molar-refractivity contribution in [1.82, 2.24) is 14.8 Å². The maximum Gasteiger partial charge on any atom is 0.257 e. The van der Waals surface area contributed by atoms with Crippen LogP contribution in [0.4, 0.5) is 8.78 Å². The lowest BCUT2D eigenvalue weighted by Crippen LogP contribution is -2.38. The van der Waals surface area contributed by atoms with Crippen LogP contribution >= 0.6 is 11.8 Å². The summed E-state index contributed by atoms with van der Waals surface area (Å²) in [6, 6.07) is 13.1. The molecule has 4 rings (SSSR count). The van der Waals surface area contributed by atoms with Crippen molar-refractivity contribution in [2.24, 2.45) is 0 Å². The summed E-state index contributed by atoms with van der Waals surface area (Å²) in [6.45, 7) is 8.82. The molecule has 35 heavy (non-hydrogen) atoms. The molecule has 0 radical (unpaired) electrons. The molecule has 3 aromatic rings. The molecule has 0 fully saturated rings. The van der Waals surface area contributed by atoms with E-state index >= 15 is 0 Å². The Morgan fingerprint density at radius 3 is 2.57 bits per heavy atom. The number of benzene rings is 2. The average Bonchev–Trinajstić information content (AvgIpc) is 3.01. The highest BCUT2D eigenvalue weighted by molar-refractivity contribution is 7.99. The lowest BCUT2D eigenvalue weighted by Gasteiger charge is -2.21. The minimum atomic E-state index is -0.920. The summed E-state index contributed by atoms with van der Waals surface area (Å²) in [6.07, 6.45) is 0.306. The number of pyridine rings is 1. The number of nitrogens with zero attached hydrogens (tertiary/aromatic N) is 2. The Hall–Kier alpha value is -2.97. The van der Waals surface area contributed by atoms with Gasteiger partial charge in [-0.25, -0.2) is 8.78 Å². The van der Waals surface area contributed by atoms with Crippen LogP contribution in [-0.2, 0) is 6.42 Å². The third kappa shape index (κ3) is 5.18. The fraction of sp³-hybridized carbons (Fsp3) is 0.333. The lowest BCUT2D eigenvalue weighted by atomic mass is 10.0. The Morgan fingerprint density at radius 1 is 1.11 bits per heavy atom. The minimum absolute atomic E-state index is 0.0973. The molecular weight excluding hydrogens is 468 g/mol. The summed E-state index contributed by atoms with van der Waals surface area (Å²) in [5.74, 6) is -2.25. The van der Waals surface area contributed by atoms with E-state index in [-0.39, 0.29) is 16.2 Å². The third-order valence-corrected chi connectivity index (χ3v) is 7.72. The number of carbonyl (C=O) groups is 1. The summed E-state index contributed by atoms with van der Waals surface area (Å²) in [5.41, 5.74) is 2.49. The Kier molecular flexibility index (Phi) is 7.72. The van der Waals surface area contributed by atoms with Crippen LogP contribution in [0.1, 0.15) is 46.4 Å². The number of fused-ring (bicyclic) bond motifs is 3. The smallest absolute Gasteiger partial charge is 0.257 e. The van der Waals surface area contributed by atoms with E-state index in [1.165, 1.54) is 23.9 Å². The van der Waals surface area contributed by atoms with Gasteiger partial charge in [-0.2, -0.15) is 0 Å². The second-order valence-electron chi connectivity index (χ2n) is 8.54. The summed E-state index contributed by atoms with van der Waals surface area (Å²) >= 11 is 1.51. The summed E-state index contributed by atoms with van der Waals surface area (Å²) in [7, 11) is 0. The van der Waals surface area contributed by atoms with Crippen LogP contribution in [0, 0.1) is 18.6 Å². The zero-order valence-electron chi connectivity index (χ0n) is 20.1. The fourth-order valence-corrected chi connectivity index (χ4v) is 5.80. The Morgan fingerprint density at radius 2 is 1.86 bits per heavy atom. The van der Waals surface area contributed by atoms with Crippen LogP contribution in [0.3, 0.4) is 0 Å². The predicted octanol–water partition coefficient (Wildman–Crippen LogP) is 4.89. The number of para-hydroxylation sites is 1. The molecule has 1 atom stereocenters. The second-order valence-corrected chi connectivity index (χ2v) is 9.79. The van der Waals surface area contributed by atoms with E-state index in [4.69, 9.17) is 0 Å². The molecule has 1 aliphatic heterocycles. The molecule has 1 aliphatic rings. The zero-order chi connectivity index (χ0) is 25.1.